The molecule has 3 heterocycles. The molecule has 0 amide bonds. The molecule has 3 N–H and O–H groups in total. The highest BCUT2D eigenvalue weighted by atomic mass is 16.5. The first-order valence-corrected chi connectivity index (χ1v) is 10.2. The number of nitrogens with one attached hydrogen (secondary N) is 2. The first-order chi connectivity index (χ1) is 14.4. The largest absolute Gasteiger partial charge is 0.619 e. The maximum absolute atomic E-state index is 13.2. The number of hydrogen-bond acceptors (Lipinski definition) is 7. The van der Waals surface area contributed by atoms with Gasteiger partial charge in [0.1, 0.15) is 11.6 Å². The SMILES string of the molecule is CC(C)n1ccc2cc(Nc3c[n+]([O-])ccn3)nc(NC3CCC(O)CC3)c2c1=O. The van der Waals surface area contributed by atoms with E-state index in [1.165, 1.54) is 18.6 Å². The molecule has 0 aliphatic heterocycles. The van der Waals surface area contributed by atoms with Gasteiger partial charge >= 0.3 is 0 Å². The van der Waals surface area contributed by atoms with E-state index in [2.05, 4.69) is 20.6 Å². The summed E-state index contributed by atoms with van der Waals surface area (Å²) in [4.78, 5) is 22.0. The first kappa shape index (κ1) is 20.1. The third-order valence-corrected chi connectivity index (χ3v) is 5.44. The fourth-order valence-corrected chi connectivity index (χ4v) is 3.84. The zero-order chi connectivity index (χ0) is 21.3. The van der Waals surface area contributed by atoms with E-state index in [9.17, 15) is 15.1 Å². The summed E-state index contributed by atoms with van der Waals surface area (Å²) < 4.78 is 2.34. The molecule has 0 saturated heterocycles. The van der Waals surface area contributed by atoms with Gasteiger partial charge in [0, 0.05) is 18.3 Å². The van der Waals surface area contributed by atoms with Gasteiger partial charge in [-0.15, -0.1) is 0 Å². The molecule has 1 aliphatic rings. The van der Waals surface area contributed by atoms with Crippen LogP contribution in [0, 0.1) is 5.21 Å². The van der Waals surface area contributed by atoms with Crippen LogP contribution in [0.5, 0.6) is 0 Å². The predicted molar refractivity (Wildman–Crippen MR) is 115 cm³/mol. The number of pyridine rings is 2. The quantitative estimate of drug-likeness (QED) is 0.437. The topological polar surface area (TPSA) is 119 Å². The van der Waals surface area contributed by atoms with Gasteiger partial charge in [-0.05, 0) is 57.0 Å². The Morgan fingerprint density at radius 3 is 2.73 bits per heavy atom. The number of nitrogens with zero attached hydrogens (tertiary/aromatic N) is 4. The summed E-state index contributed by atoms with van der Waals surface area (Å²) in [7, 11) is 0. The van der Waals surface area contributed by atoms with Crippen molar-refractivity contribution in [1.82, 2.24) is 14.5 Å². The Labute approximate surface area is 174 Å². The average molecular weight is 410 g/mol. The van der Waals surface area contributed by atoms with Crippen molar-refractivity contribution < 1.29 is 9.84 Å². The molecule has 158 valence electrons. The number of aromatic nitrogens is 4. The van der Waals surface area contributed by atoms with E-state index in [1.54, 1.807) is 16.8 Å². The molecule has 1 saturated carbocycles. The number of anilines is 3. The molecule has 0 unspecified atom stereocenters. The fourth-order valence-electron chi connectivity index (χ4n) is 3.84. The number of aliphatic hydroxyl groups is 1. The standard InChI is InChI=1S/C21H26N6O3/c1-13(2)27-9-7-14-11-17(24-18-12-26(30)10-8-22-18)25-20(19(14)21(27)29)23-15-3-5-16(28)6-4-15/h7-13,15-16,28H,3-6H2,1-2H3,(H2,22,23,24,25). The number of rotatable bonds is 5. The van der Waals surface area contributed by atoms with Gasteiger partial charge in [0.2, 0.25) is 6.20 Å². The lowest BCUT2D eigenvalue weighted by Crippen LogP contribution is -2.30. The highest BCUT2D eigenvalue weighted by molar-refractivity contribution is 5.93. The summed E-state index contributed by atoms with van der Waals surface area (Å²) in [6, 6.07) is 3.83. The highest BCUT2D eigenvalue weighted by Crippen LogP contribution is 2.27. The van der Waals surface area contributed by atoms with Gasteiger partial charge in [0.25, 0.3) is 5.56 Å². The van der Waals surface area contributed by atoms with Crippen molar-refractivity contribution in [2.75, 3.05) is 10.6 Å². The predicted octanol–water partition coefficient (Wildman–Crippen LogP) is 2.46. The molecule has 9 nitrogen and oxygen atoms in total. The van der Waals surface area contributed by atoms with Crippen LogP contribution in [0.2, 0.25) is 0 Å². The van der Waals surface area contributed by atoms with Crippen LogP contribution in [0.15, 0.2) is 41.7 Å². The van der Waals surface area contributed by atoms with Gasteiger partial charge in [-0.3, -0.25) is 4.79 Å². The molecule has 1 fully saturated rings. The molecule has 30 heavy (non-hydrogen) atoms. The molecule has 0 aromatic carbocycles. The van der Waals surface area contributed by atoms with E-state index in [4.69, 9.17) is 0 Å². The smallest absolute Gasteiger partial charge is 0.262 e. The fraction of sp³-hybridized carbons (Fsp3) is 0.429. The van der Waals surface area contributed by atoms with Gasteiger partial charge in [0.05, 0.1) is 17.7 Å². The Kier molecular flexibility index (Phi) is 5.54. The highest BCUT2D eigenvalue weighted by Gasteiger charge is 2.22. The average Bonchev–Trinajstić information content (AvgIpc) is 2.69. The van der Waals surface area contributed by atoms with Crippen LogP contribution in [0.1, 0.15) is 45.6 Å². The lowest BCUT2D eigenvalue weighted by Gasteiger charge is -2.27. The summed E-state index contributed by atoms with van der Waals surface area (Å²) in [5, 5.41) is 29.1. The molecule has 1 aliphatic carbocycles. The Bertz CT molecular complexity index is 1110. The van der Waals surface area contributed by atoms with Crippen molar-refractivity contribution in [3.63, 3.8) is 0 Å². The number of aliphatic hydroxyl groups excluding tert-OH is 1. The minimum Gasteiger partial charge on any atom is -0.619 e. The van der Waals surface area contributed by atoms with Crippen molar-refractivity contribution in [3.05, 3.63) is 52.5 Å². The second-order valence-electron chi connectivity index (χ2n) is 8.02. The van der Waals surface area contributed by atoms with Gasteiger partial charge in [-0.1, -0.05) is 0 Å². The van der Waals surface area contributed by atoms with E-state index in [-0.39, 0.29) is 23.7 Å². The minimum absolute atomic E-state index is 0.0263. The van der Waals surface area contributed by atoms with E-state index >= 15 is 0 Å². The zero-order valence-corrected chi connectivity index (χ0v) is 17.1. The van der Waals surface area contributed by atoms with Crippen molar-refractivity contribution in [2.24, 2.45) is 0 Å². The Balaban J connectivity index is 1.77. The van der Waals surface area contributed by atoms with E-state index < -0.39 is 0 Å². The molecule has 0 spiro atoms. The van der Waals surface area contributed by atoms with Crippen LogP contribution in [-0.2, 0) is 0 Å². The second-order valence-corrected chi connectivity index (χ2v) is 8.02. The van der Waals surface area contributed by atoms with Crippen LogP contribution in [-0.4, -0.2) is 31.8 Å². The normalized spacial score (nSPS) is 19.2. The van der Waals surface area contributed by atoms with Crippen LogP contribution < -0.4 is 20.9 Å². The van der Waals surface area contributed by atoms with Crippen LogP contribution in [0.25, 0.3) is 10.8 Å². The van der Waals surface area contributed by atoms with Gasteiger partial charge in [0.15, 0.2) is 12.0 Å². The van der Waals surface area contributed by atoms with Gasteiger partial charge in [-0.2, -0.15) is 4.73 Å². The molecule has 0 bridgehead atoms. The number of fused-ring (bicyclic) bond motifs is 1. The van der Waals surface area contributed by atoms with Crippen molar-refractivity contribution in [2.45, 2.75) is 57.7 Å². The number of hydrogen-bond donors (Lipinski definition) is 3. The van der Waals surface area contributed by atoms with Crippen molar-refractivity contribution >= 4 is 28.2 Å². The van der Waals surface area contributed by atoms with Crippen molar-refractivity contribution in [1.29, 1.82) is 0 Å². The maximum Gasteiger partial charge on any atom is 0.262 e. The lowest BCUT2D eigenvalue weighted by molar-refractivity contribution is -0.605. The molecule has 3 aromatic heterocycles. The summed E-state index contributed by atoms with van der Waals surface area (Å²) in [5.41, 5.74) is -0.102. The molecule has 0 radical (unpaired) electrons. The van der Waals surface area contributed by atoms with Gasteiger partial charge < -0.3 is 25.5 Å². The molecule has 4 rings (SSSR count). The Morgan fingerprint density at radius 2 is 2.03 bits per heavy atom. The molecular weight excluding hydrogens is 384 g/mol. The van der Waals surface area contributed by atoms with Crippen molar-refractivity contribution in [3.8, 4) is 0 Å². The van der Waals surface area contributed by atoms with Gasteiger partial charge in [-0.25, -0.2) is 9.97 Å². The molecule has 0 atom stereocenters. The van der Waals surface area contributed by atoms with Crippen LogP contribution in [0.4, 0.5) is 17.5 Å². The monoisotopic (exact) mass is 410 g/mol. The maximum atomic E-state index is 13.2. The van der Waals surface area contributed by atoms with Crippen LogP contribution in [0.3, 0.4) is 0 Å². The third-order valence-electron chi connectivity index (χ3n) is 5.44. The minimum atomic E-state index is -0.262. The zero-order valence-electron chi connectivity index (χ0n) is 17.1. The molecule has 3 aromatic rings. The third kappa shape index (κ3) is 4.20. The second kappa shape index (κ2) is 8.27. The van der Waals surface area contributed by atoms with E-state index in [1.807, 2.05) is 19.9 Å². The Morgan fingerprint density at radius 1 is 1.27 bits per heavy atom. The summed E-state index contributed by atoms with van der Waals surface area (Å²) in [5.74, 6) is 1.35. The Hall–Kier alpha value is -3.20. The molecule has 9 heteroatoms. The lowest BCUT2D eigenvalue weighted by atomic mass is 9.93. The summed E-state index contributed by atoms with van der Waals surface area (Å²) in [6.45, 7) is 3.93. The summed E-state index contributed by atoms with van der Waals surface area (Å²) >= 11 is 0. The first-order valence-electron chi connectivity index (χ1n) is 10.2. The summed E-state index contributed by atoms with van der Waals surface area (Å²) in [6.07, 6.45) is 8.61. The van der Waals surface area contributed by atoms with E-state index in [0.717, 1.165) is 31.1 Å². The molecular formula is C21H26N6O3. The van der Waals surface area contributed by atoms with E-state index in [0.29, 0.717) is 27.6 Å². The van der Waals surface area contributed by atoms with Crippen LogP contribution >= 0.6 is 0 Å².